The Labute approximate surface area is 76.9 Å². The molecule has 0 spiro atoms. The van der Waals surface area contributed by atoms with Crippen LogP contribution in [0.15, 0.2) is 18.3 Å². The SMILES string of the molecule is O=S1(=O)CC(Nc2cc[c]nc2)C1. The van der Waals surface area contributed by atoms with Crippen LogP contribution in [0, 0.1) is 6.20 Å². The Morgan fingerprint density at radius 2 is 2.31 bits per heavy atom. The zero-order valence-corrected chi connectivity index (χ0v) is 7.71. The fourth-order valence-corrected chi connectivity index (χ4v) is 2.58. The number of nitrogens with one attached hydrogen (secondary N) is 1. The molecule has 1 radical (unpaired) electrons. The zero-order valence-electron chi connectivity index (χ0n) is 6.90. The summed E-state index contributed by atoms with van der Waals surface area (Å²) in [5.74, 6) is 0.456. The van der Waals surface area contributed by atoms with Crippen LogP contribution in [0.4, 0.5) is 5.69 Å². The second-order valence-electron chi connectivity index (χ2n) is 3.09. The minimum Gasteiger partial charge on any atom is -0.379 e. The quantitative estimate of drug-likeness (QED) is 0.730. The van der Waals surface area contributed by atoms with E-state index < -0.39 is 9.84 Å². The average molecular weight is 197 g/mol. The number of hydrogen-bond acceptors (Lipinski definition) is 4. The summed E-state index contributed by atoms with van der Waals surface area (Å²) in [6.45, 7) is 0. The van der Waals surface area contributed by atoms with Crippen molar-refractivity contribution in [1.82, 2.24) is 4.98 Å². The summed E-state index contributed by atoms with van der Waals surface area (Å²) < 4.78 is 21.7. The number of hydrogen-bond donors (Lipinski definition) is 1. The highest BCUT2D eigenvalue weighted by Gasteiger charge is 2.32. The van der Waals surface area contributed by atoms with E-state index in [9.17, 15) is 8.42 Å². The van der Waals surface area contributed by atoms with Gasteiger partial charge < -0.3 is 5.32 Å². The topological polar surface area (TPSA) is 59.1 Å². The van der Waals surface area contributed by atoms with E-state index in [2.05, 4.69) is 16.5 Å². The van der Waals surface area contributed by atoms with Crippen molar-refractivity contribution in [3.05, 3.63) is 24.5 Å². The first-order valence-corrected chi connectivity index (χ1v) is 5.77. The molecule has 0 atom stereocenters. The number of rotatable bonds is 2. The van der Waals surface area contributed by atoms with Crippen molar-refractivity contribution < 1.29 is 8.42 Å². The molecule has 1 N–H and O–H groups in total. The van der Waals surface area contributed by atoms with Gasteiger partial charge in [-0.15, -0.1) is 0 Å². The molecule has 1 saturated heterocycles. The van der Waals surface area contributed by atoms with E-state index in [1.54, 1.807) is 12.3 Å². The highest BCUT2D eigenvalue weighted by atomic mass is 32.2. The van der Waals surface area contributed by atoms with Gasteiger partial charge >= 0.3 is 0 Å². The highest BCUT2D eigenvalue weighted by molar-refractivity contribution is 7.92. The number of anilines is 1. The molecule has 0 saturated carbocycles. The lowest BCUT2D eigenvalue weighted by atomic mass is 10.3. The molecule has 0 aromatic carbocycles. The van der Waals surface area contributed by atoms with Crippen LogP contribution < -0.4 is 5.32 Å². The third kappa shape index (κ3) is 1.98. The summed E-state index contributed by atoms with van der Waals surface area (Å²) in [4.78, 5) is 3.80. The van der Waals surface area contributed by atoms with Crippen LogP contribution in [-0.4, -0.2) is 30.9 Å². The van der Waals surface area contributed by atoms with Crippen molar-refractivity contribution >= 4 is 15.5 Å². The minimum absolute atomic E-state index is 0.0502. The maximum absolute atomic E-state index is 10.8. The first-order chi connectivity index (χ1) is 6.16. The monoisotopic (exact) mass is 197 g/mol. The van der Waals surface area contributed by atoms with Crippen LogP contribution in [0.2, 0.25) is 0 Å². The van der Waals surface area contributed by atoms with E-state index in [0.717, 1.165) is 5.69 Å². The molecular weight excluding hydrogens is 188 g/mol. The second-order valence-corrected chi connectivity index (χ2v) is 5.25. The summed E-state index contributed by atoms with van der Waals surface area (Å²) in [7, 11) is -2.74. The first-order valence-electron chi connectivity index (χ1n) is 3.95. The van der Waals surface area contributed by atoms with E-state index in [1.165, 1.54) is 0 Å². The number of sulfone groups is 1. The van der Waals surface area contributed by atoms with E-state index in [0.29, 0.717) is 0 Å². The van der Waals surface area contributed by atoms with Crippen molar-refractivity contribution in [3.63, 3.8) is 0 Å². The minimum atomic E-state index is -2.74. The summed E-state index contributed by atoms with van der Waals surface area (Å²) in [6, 6.07) is 3.56. The predicted molar refractivity (Wildman–Crippen MR) is 49.1 cm³/mol. The molecule has 0 amide bonds. The third-order valence-corrected chi connectivity index (χ3v) is 3.72. The Hall–Kier alpha value is -1.10. The highest BCUT2D eigenvalue weighted by Crippen LogP contribution is 2.15. The molecule has 2 heterocycles. The van der Waals surface area contributed by atoms with Gasteiger partial charge in [0.05, 0.1) is 35.6 Å². The van der Waals surface area contributed by atoms with E-state index in [4.69, 9.17) is 0 Å². The molecule has 1 aliphatic rings. The maximum atomic E-state index is 10.8. The molecule has 5 heteroatoms. The molecule has 1 aromatic rings. The molecule has 1 aromatic heterocycles. The molecule has 0 bridgehead atoms. The van der Waals surface area contributed by atoms with Gasteiger partial charge in [-0.05, 0) is 12.1 Å². The average Bonchev–Trinajstić information content (AvgIpc) is 2.03. The molecule has 1 aliphatic heterocycles. The van der Waals surface area contributed by atoms with Crippen LogP contribution in [0.1, 0.15) is 0 Å². The Balaban J connectivity index is 1.95. The lowest BCUT2D eigenvalue weighted by Gasteiger charge is -2.27. The van der Waals surface area contributed by atoms with Gasteiger partial charge in [-0.2, -0.15) is 0 Å². The Morgan fingerprint density at radius 3 is 2.85 bits per heavy atom. The van der Waals surface area contributed by atoms with E-state index in [1.807, 2.05) is 6.07 Å². The van der Waals surface area contributed by atoms with Gasteiger partial charge in [-0.1, -0.05) is 0 Å². The van der Waals surface area contributed by atoms with Crippen molar-refractivity contribution in [3.8, 4) is 0 Å². The molecule has 2 rings (SSSR count). The van der Waals surface area contributed by atoms with Gasteiger partial charge in [-0.25, -0.2) is 8.42 Å². The predicted octanol–water partition coefficient (Wildman–Crippen LogP) is 0.0907. The van der Waals surface area contributed by atoms with Gasteiger partial charge in [-0.3, -0.25) is 4.98 Å². The maximum Gasteiger partial charge on any atom is 0.154 e. The van der Waals surface area contributed by atoms with Crippen LogP contribution in [-0.2, 0) is 9.84 Å². The molecule has 1 fully saturated rings. The summed E-state index contributed by atoms with van der Waals surface area (Å²) >= 11 is 0. The molecule has 13 heavy (non-hydrogen) atoms. The summed E-state index contributed by atoms with van der Waals surface area (Å²) in [5, 5.41) is 3.07. The largest absolute Gasteiger partial charge is 0.379 e. The van der Waals surface area contributed by atoms with Gasteiger partial charge in [0.2, 0.25) is 0 Å². The third-order valence-electron chi connectivity index (χ3n) is 1.90. The fraction of sp³-hybridized carbons (Fsp3) is 0.375. The van der Waals surface area contributed by atoms with Gasteiger partial charge in [0.1, 0.15) is 0 Å². The van der Waals surface area contributed by atoms with Crippen molar-refractivity contribution in [2.45, 2.75) is 6.04 Å². The normalized spacial score (nSPS) is 20.6. The fourth-order valence-electron chi connectivity index (χ4n) is 1.29. The van der Waals surface area contributed by atoms with Crippen molar-refractivity contribution in [1.29, 1.82) is 0 Å². The molecule has 4 nitrogen and oxygen atoms in total. The van der Waals surface area contributed by atoms with Crippen LogP contribution in [0.5, 0.6) is 0 Å². The molecule has 69 valence electrons. The van der Waals surface area contributed by atoms with E-state index in [-0.39, 0.29) is 17.5 Å². The Morgan fingerprint density at radius 1 is 1.54 bits per heavy atom. The smallest absolute Gasteiger partial charge is 0.154 e. The molecule has 0 aliphatic carbocycles. The number of nitrogens with zero attached hydrogens (tertiary/aromatic N) is 1. The summed E-state index contributed by atoms with van der Waals surface area (Å²) in [5.41, 5.74) is 0.846. The Kier molecular flexibility index (Phi) is 1.95. The van der Waals surface area contributed by atoms with Crippen LogP contribution >= 0.6 is 0 Å². The standard InChI is InChI=1S/C8H9N2O2S/c11-13(12)5-8(6-13)10-7-2-1-3-9-4-7/h1-2,4,8,10H,5-6H2. The lowest BCUT2D eigenvalue weighted by Crippen LogP contribution is -2.46. The Bertz CT molecular complexity index is 376. The van der Waals surface area contributed by atoms with E-state index >= 15 is 0 Å². The first kappa shape index (κ1) is 8.50. The van der Waals surface area contributed by atoms with Crippen molar-refractivity contribution in [2.24, 2.45) is 0 Å². The summed E-state index contributed by atoms with van der Waals surface area (Å²) in [6.07, 6.45) is 4.28. The van der Waals surface area contributed by atoms with Gasteiger partial charge in [0.15, 0.2) is 9.84 Å². The van der Waals surface area contributed by atoms with Gasteiger partial charge in [0, 0.05) is 0 Å². The zero-order chi connectivity index (χ0) is 9.31. The second kappa shape index (κ2) is 2.99. The van der Waals surface area contributed by atoms with Gasteiger partial charge in [0.25, 0.3) is 0 Å². The molecule has 0 unspecified atom stereocenters. The van der Waals surface area contributed by atoms with Crippen LogP contribution in [0.25, 0.3) is 0 Å². The number of pyridine rings is 1. The van der Waals surface area contributed by atoms with Crippen molar-refractivity contribution in [2.75, 3.05) is 16.8 Å². The molecular formula is C8H9N2O2S. The number of aromatic nitrogens is 1. The lowest BCUT2D eigenvalue weighted by molar-refractivity contribution is 0.570. The van der Waals surface area contributed by atoms with Crippen LogP contribution in [0.3, 0.4) is 0 Å².